The van der Waals surface area contributed by atoms with Gasteiger partial charge >= 0.3 is 6.18 Å². The SMILES string of the molecule is Cn1ccc2cc3ccc4c5cc6c(cc(C(F)(F)F)n6C)cc5ccc4c3cc21. The van der Waals surface area contributed by atoms with E-state index in [1.807, 2.05) is 31.4 Å². The number of benzene rings is 4. The van der Waals surface area contributed by atoms with Crippen LogP contribution in [-0.4, -0.2) is 9.13 Å². The van der Waals surface area contributed by atoms with Crippen molar-refractivity contribution < 1.29 is 13.2 Å². The largest absolute Gasteiger partial charge is 0.431 e. The molecular weight excluding hydrogens is 385 g/mol. The van der Waals surface area contributed by atoms with Crippen molar-refractivity contribution in [3.05, 3.63) is 72.6 Å². The normalized spacial score (nSPS) is 12.8. The maximum Gasteiger partial charge on any atom is 0.431 e. The van der Waals surface area contributed by atoms with Gasteiger partial charge in [0.15, 0.2) is 0 Å². The molecule has 0 saturated carbocycles. The third kappa shape index (κ3) is 2.26. The van der Waals surface area contributed by atoms with Gasteiger partial charge in [0.1, 0.15) is 5.69 Å². The van der Waals surface area contributed by atoms with E-state index in [-0.39, 0.29) is 0 Å². The number of halogens is 3. The highest BCUT2D eigenvalue weighted by Gasteiger charge is 2.34. The summed E-state index contributed by atoms with van der Waals surface area (Å²) in [6.45, 7) is 0. The zero-order valence-corrected chi connectivity index (χ0v) is 16.4. The summed E-state index contributed by atoms with van der Waals surface area (Å²) in [5.74, 6) is 0. The molecule has 0 atom stereocenters. The Morgan fingerprint density at radius 3 is 1.83 bits per heavy atom. The molecule has 0 fully saturated rings. The van der Waals surface area contributed by atoms with Gasteiger partial charge in [-0.3, -0.25) is 0 Å². The van der Waals surface area contributed by atoms with Crippen molar-refractivity contribution in [1.29, 1.82) is 0 Å². The molecule has 4 aromatic carbocycles. The molecule has 148 valence electrons. The van der Waals surface area contributed by atoms with Crippen LogP contribution >= 0.6 is 0 Å². The number of nitrogens with zero attached hydrogens (tertiary/aromatic N) is 2. The van der Waals surface area contributed by atoms with Crippen molar-refractivity contribution in [3.63, 3.8) is 0 Å². The van der Waals surface area contributed by atoms with Crippen molar-refractivity contribution in [2.45, 2.75) is 6.18 Å². The van der Waals surface area contributed by atoms with E-state index in [4.69, 9.17) is 0 Å². The topological polar surface area (TPSA) is 9.86 Å². The first-order valence-corrected chi connectivity index (χ1v) is 9.72. The van der Waals surface area contributed by atoms with Crippen LogP contribution in [0.25, 0.3) is 54.1 Å². The molecule has 6 aromatic rings. The van der Waals surface area contributed by atoms with Crippen molar-refractivity contribution in [1.82, 2.24) is 9.13 Å². The molecule has 6 rings (SSSR count). The van der Waals surface area contributed by atoms with Gasteiger partial charge in [-0.05, 0) is 68.7 Å². The summed E-state index contributed by atoms with van der Waals surface area (Å²) in [6.07, 6.45) is -2.33. The van der Waals surface area contributed by atoms with E-state index in [9.17, 15) is 13.2 Å². The third-order valence-electron chi connectivity index (χ3n) is 6.29. The van der Waals surface area contributed by atoms with Crippen molar-refractivity contribution in [2.75, 3.05) is 0 Å². The van der Waals surface area contributed by atoms with Crippen molar-refractivity contribution in [2.24, 2.45) is 14.1 Å². The Bertz CT molecular complexity index is 1650. The summed E-state index contributed by atoms with van der Waals surface area (Å²) >= 11 is 0. The molecule has 0 aliphatic rings. The lowest BCUT2D eigenvalue weighted by Gasteiger charge is -2.10. The van der Waals surface area contributed by atoms with E-state index in [2.05, 4.69) is 41.0 Å². The molecule has 0 amide bonds. The first-order valence-electron chi connectivity index (χ1n) is 9.72. The van der Waals surface area contributed by atoms with Crippen LogP contribution in [-0.2, 0) is 20.3 Å². The van der Waals surface area contributed by atoms with Crippen molar-refractivity contribution in [3.8, 4) is 0 Å². The van der Waals surface area contributed by atoms with E-state index < -0.39 is 11.9 Å². The number of hydrogen-bond acceptors (Lipinski definition) is 0. The van der Waals surface area contributed by atoms with E-state index in [0.717, 1.165) is 37.8 Å². The smallest absolute Gasteiger partial charge is 0.351 e. The van der Waals surface area contributed by atoms with Crippen LogP contribution in [0.3, 0.4) is 0 Å². The van der Waals surface area contributed by atoms with Crippen LogP contribution in [0.4, 0.5) is 13.2 Å². The highest BCUT2D eigenvalue weighted by atomic mass is 19.4. The Labute approximate surface area is 169 Å². The molecule has 5 heteroatoms. The molecule has 0 bridgehead atoms. The zero-order chi connectivity index (χ0) is 20.8. The van der Waals surface area contributed by atoms with Crippen LogP contribution < -0.4 is 0 Å². The predicted molar refractivity (Wildman–Crippen MR) is 117 cm³/mol. The van der Waals surface area contributed by atoms with Gasteiger partial charge in [-0.15, -0.1) is 0 Å². The fourth-order valence-electron chi connectivity index (χ4n) is 4.75. The van der Waals surface area contributed by atoms with Crippen LogP contribution in [0.15, 0.2) is 66.9 Å². The summed E-state index contributed by atoms with van der Waals surface area (Å²) in [5, 5.41) is 8.14. The monoisotopic (exact) mass is 402 g/mol. The van der Waals surface area contributed by atoms with Crippen LogP contribution in [0, 0.1) is 0 Å². The van der Waals surface area contributed by atoms with Crippen LogP contribution in [0.1, 0.15) is 5.69 Å². The molecule has 2 heterocycles. The van der Waals surface area contributed by atoms with Gasteiger partial charge in [-0.25, -0.2) is 0 Å². The van der Waals surface area contributed by atoms with Gasteiger partial charge in [0.2, 0.25) is 0 Å². The molecule has 0 radical (unpaired) electrons. The van der Waals surface area contributed by atoms with Crippen molar-refractivity contribution >= 4 is 54.1 Å². The molecule has 2 nitrogen and oxygen atoms in total. The second-order valence-electron chi connectivity index (χ2n) is 8.00. The lowest BCUT2D eigenvalue weighted by Crippen LogP contribution is -2.10. The van der Waals surface area contributed by atoms with Crippen LogP contribution in [0.2, 0.25) is 0 Å². The first-order chi connectivity index (χ1) is 14.3. The number of fused-ring (bicyclic) bond motifs is 7. The van der Waals surface area contributed by atoms with Gasteiger partial charge < -0.3 is 9.13 Å². The Morgan fingerprint density at radius 2 is 1.20 bits per heavy atom. The number of hydrogen-bond donors (Lipinski definition) is 0. The minimum Gasteiger partial charge on any atom is -0.351 e. The quantitative estimate of drug-likeness (QED) is 0.239. The zero-order valence-electron chi connectivity index (χ0n) is 16.4. The number of aryl methyl sites for hydroxylation is 2. The third-order valence-corrected chi connectivity index (χ3v) is 6.29. The van der Waals surface area contributed by atoms with E-state index >= 15 is 0 Å². The summed E-state index contributed by atoms with van der Waals surface area (Å²) in [6, 6.07) is 19.7. The van der Waals surface area contributed by atoms with Gasteiger partial charge in [-0.1, -0.05) is 24.3 Å². The average molecular weight is 402 g/mol. The molecule has 0 aliphatic heterocycles. The first kappa shape index (κ1) is 17.4. The molecule has 30 heavy (non-hydrogen) atoms. The van der Waals surface area contributed by atoms with Gasteiger partial charge in [0.05, 0.1) is 0 Å². The second-order valence-corrected chi connectivity index (χ2v) is 8.00. The van der Waals surface area contributed by atoms with Gasteiger partial charge in [0, 0.05) is 42.1 Å². The highest BCUT2D eigenvalue weighted by molar-refractivity contribution is 6.20. The minimum atomic E-state index is -4.38. The predicted octanol–water partition coefficient (Wildman–Crippen LogP) is 7.15. The molecular formula is C25H17F3N2. The summed E-state index contributed by atoms with van der Waals surface area (Å²) in [7, 11) is 3.50. The number of alkyl halides is 3. The maximum absolute atomic E-state index is 13.4. The molecule has 0 spiro atoms. The van der Waals surface area contributed by atoms with E-state index in [0.29, 0.717) is 10.9 Å². The number of aromatic nitrogens is 2. The summed E-state index contributed by atoms with van der Waals surface area (Å²) < 4.78 is 43.5. The summed E-state index contributed by atoms with van der Waals surface area (Å²) in [4.78, 5) is 0. The van der Waals surface area contributed by atoms with E-state index in [1.54, 1.807) is 0 Å². The molecule has 0 unspecified atom stereocenters. The Hall–Kier alpha value is -3.47. The minimum absolute atomic E-state index is 0.584. The standard InChI is InChI=1S/C25H17F3N2/c1-29-8-7-16-9-14-3-5-19-18(20(14)12-22(16)29)6-4-15-10-17-11-24(25(26,27)28)30(2)23(17)13-21(15)19/h3-13H,1-2H3. The molecule has 0 aliphatic carbocycles. The molecule has 0 N–H and O–H groups in total. The Morgan fingerprint density at radius 1 is 0.600 bits per heavy atom. The average Bonchev–Trinajstić information content (AvgIpc) is 3.24. The Kier molecular flexibility index (Phi) is 3.23. The fraction of sp³-hybridized carbons (Fsp3) is 0.120. The Balaban J connectivity index is 1.73. The van der Waals surface area contributed by atoms with Gasteiger partial charge in [-0.2, -0.15) is 13.2 Å². The highest BCUT2D eigenvalue weighted by Crippen LogP contribution is 2.38. The second kappa shape index (κ2) is 5.57. The van der Waals surface area contributed by atoms with E-state index in [1.165, 1.54) is 23.1 Å². The maximum atomic E-state index is 13.4. The molecule has 2 aromatic heterocycles. The summed E-state index contributed by atoms with van der Waals surface area (Å²) in [5.41, 5.74) is 1.11. The number of rotatable bonds is 0. The molecule has 0 saturated heterocycles. The fourth-order valence-corrected chi connectivity index (χ4v) is 4.75. The lowest BCUT2D eigenvalue weighted by molar-refractivity contribution is -0.142. The van der Waals surface area contributed by atoms with Crippen LogP contribution in [0.5, 0.6) is 0 Å². The lowest BCUT2D eigenvalue weighted by atomic mass is 9.95. The van der Waals surface area contributed by atoms with Gasteiger partial charge in [0.25, 0.3) is 0 Å².